The zero-order valence-electron chi connectivity index (χ0n) is 14.0. The van der Waals surface area contributed by atoms with Crippen LogP contribution in [0.2, 0.25) is 0 Å². The molecule has 3 N–H and O–H groups in total. The molecule has 23 heavy (non-hydrogen) atoms. The number of nitrogens with zero attached hydrogens (tertiary/aromatic N) is 1. The fourth-order valence-corrected chi connectivity index (χ4v) is 2.87. The van der Waals surface area contributed by atoms with Crippen LogP contribution in [0.3, 0.4) is 0 Å². The van der Waals surface area contributed by atoms with Crippen LogP contribution in [-0.4, -0.2) is 36.3 Å². The summed E-state index contributed by atoms with van der Waals surface area (Å²) in [5, 5.41) is 2.93. The number of benzene rings is 1. The van der Waals surface area contributed by atoms with Crippen LogP contribution in [-0.2, 0) is 9.59 Å². The third kappa shape index (κ3) is 4.55. The van der Waals surface area contributed by atoms with E-state index < -0.39 is 6.04 Å². The number of piperidine rings is 1. The van der Waals surface area contributed by atoms with Crippen molar-refractivity contribution in [3.8, 4) is 0 Å². The lowest BCUT2D eigenvalue weighted by molar-refractivity contribution is -0.136. The fourth-order valence-electron chi connectivity index (χ4n) is 2.87. The molecule has 2 rings (SSSR count). The molecule has 1 heterocycles. The van der Waals surface area contributed by atoms with E-state index in [4.69, 9.17) is 5.73 Å². The number of aryl methyl sites for hydroxylation is 1. The third-order valence-corrected chi connectivity index (χ3v) is 4.43. The molecule has 1 atom stereocenters. The van der Waals surface area contributed by atoms with Crippen molar-refractivity contribution in [2.75, 3.05) is 19.6 Å². The van der Waals surface area contributed by atoms with Crippen molar-refractivity contribution in [3.63, 3.8) is 0 Å². The molecule has 0 aliphatic carbocycles. The Morgan fingerprint density at radius 3 is 2.43 bits per heavy atom. The van der Waals surface area contributed by atoms with Gasteiger partial charge in [0.1, 0.15) is 6.04 Å². The first-order valence-corrected chi connectivity index (χ1v) is 8.41. The summed E-state index contributed by atoms with van der Waals surface area (Å²) in [6, 6.07) is 7.12. The Balaban J connectivity index is 1.88. The molecule has 5 heteroatoms. The lowest BCUT2D eigenvalue weighted by Crippen LogP contribution is -2.46. The van der Waals surface area contributed by atoms with Crippen molar-refractivity contribution in [2.45, 2.75) is 39.2 Å². The maximum atomic E-state index is 12.5. The summed E-state index contributed by atoms with van der Waals surface area (Å²) < 4.78 is 0. The van der Waals surface area contributed by atoms with E-state index >= 15 is 0 Å². The van der Waals surface area contributed by atoms with Gasteiger partial charge in [-0.2, -0.15) is 0 Å². The summed E-state index contributed by atoms with van der Waals surface area (Å²) in [6.07, 6.45) is 2.36. The minimum absolute atomic E-state index is 0.0150. The van der Waals surface area contributed by atoms with E-state index in [1.165, 1.54) is 0 Å². The van der Waals surface area contributed by atoms with Crippen molar-refractivity contribution >= 4 is 11.8 Å². The Morgan fingerprint density at radius 1 is 1.26 bits per heavy atom. The minimum atomic E-state index is -0.624. The normalized spacial score (nSPS) is 16.9. The third-order valence-electron chi connectivity index (χ3n) is 4.43. The minimum Gasteiger partial charge on any atom is -0.356 e. The van der Waals surface area contributed by atoms with Gasteiger partial charge in [0.25, 0.3) is 0 Å². The molecule has 1 unspecified atom stereocenters. The predicted octanol–water partition coefficient (Wildman–Crippen LogP) is 1.76. The maximum Gasteiger partial charge on any atom is 0.244 e. The van der Waals surface area contributed by atoms with Gasteiger partial charge in [0.15, 0.2) is 0 Å². The molecular formula is C18H27N3O2. The number of nitrogens with two attached hydrogens (primary N) is 1. The first-order valence-electron chi connectivity index (χ1n) is 8.41. The fraction of sp³-hybridized carbons (Fsp3) is 0.556. The van der Waals surface area contributed by atoms with Crippen LogP contribution in [0, 0.1) is 12.8 Å². The van der Waals surface area contributed by atoms with E-state index in [0.717, 1.165) is 24.1 Å². The second-order valence-corrected chi connectivity index (χ2v) is 6.28. The average molecular weight is 317 g/mol. The summed E-state index contributed by atoms with van der Waals surface area (Å²) in [7, 11) is 0. The number of amides is 2. The number of nitrogens with one attached hydrogen (secondary N) is 1. The van der Waals surface area contributed by atoms with Crippen LogP contribution in [0.4, 0.5) is 0 Å². The smallest absolute Gasteiger partial charge is 0.244 e. The summed E-state index contributed by atoms with van der Waals surface area (Å²) in [4.78, 5) is 26.3. The van der Waals surface area contributed by atoms with E-state index in [1.54, 1.807) is 4.90 Å². The maximum absolute atomic E-state index is 12.5. The lowest BCUT2D eigenvalue weighted by Gasteiger charge is -2.33. The van der Waals surface area contributed by atoms with E-state index in [0.29, 0.717) is 25.9 Å². The average Bonchev–Trinajstić information content (AvgIpc) is 2.59. The Bertz CT molecular complexity index is 534. The van der Waals surface area contributed by atoms with Crippen molar-refractivity contribution in [3.05, 3.63) is 35.4 Å². The van der Waals surface area contributed by atoms with Crippen LogP contribution in [0.15, 0.2) is 24.3 Å². The van der Waals surface area contributed by atoms with Gasteiger partial charge in [-0.15, -0.1) is 0 Å². The van der Waals surface area contributed by atoms with Gasteiger partial charge in [-0.05, 0) is 31.7 Å². The van der Waals surface area contributed by atoms with Crippen LogP contribution in [0.1, 0.15) is 43.4 Å². The van der Waals surface area contributed by atoms with Crippen molar-refractivity contribution in [1.82, 2.24) is 10.2 Å². The van der Waals surface area contributed by atoms with E-state index in [1.807, 2.05) is 38.1 Å². The number of rotatable bonds is 5. The van der Waals surface area contributed by atoms with Crippen molar-refractivity contribution in [1.29, 1.82) is 0 Å². The molecule has 126 valence electrons. The van der Waals surface area contributed by atoms with Gasteiger partial charge < -0.3 is 16.0 Å². The summed E-state index contributed by atoms with van der Waals surface area (Å²) in [5.41, 5.74) is 8.09. The number of carbonyl (C=O) groups excluding carboxylic acids is 2. The van der Waals surface area contributed by atoms with Crippen molar-refractivity contribution in [2.24, 2.45) is 11.7 Å². The quantitative estimate of drug-likeness (QED) is 0.869. The van der Waals surface area contributed by atoms with Crippen LogP contribution in [0.5, 0.6) is 0 Å². The molecule has 1 aliphatic rings. The first-order chi connectivity index (χ1) is 11.0. The summed E-state index contributed by atoms with van der Waals surface area (Å²) in [5.74, 6) is 0.0734. The number of hydrogen-bond donors (Lipinski definition) is 2. The number of carbonyl (C=O) groups is 2. The highest BCUT2D eigenvalue weighted by Gasteiger charge is 2.29. The highest BCUT2D eigenvalue weighted by atomic mass is 16.2. The first kappa shape index (κ1) is 17.5. The molecule has 0 aromatic heterocycles. The molecule has 1 aromatic carbocycles. The number of likely N-dealkylation sites (tertiary alicyclic amines) is 1. The van der Waals surface area contributed by atoms with Gasteiger partial charge in [0.05, 0.1) is 0 Å². The Labute approximate surface area is 138 Å². The predicted molar refractivity (Wildman–Crippen MR) is 90.7 cm³/mol. The van der Waals surface area contributed by atoms with Gasteiger partial charge in [0.2, 0.25) is 11.8 Å². The lowest BCUT2D eigenvalue weighted by atomic mass is 9.95. The molecule has 2 amide bonds. The Hall–Kier alpha value is -1.88. The van der Waals surface area contributed by atoms with Crippen LogP contribution < -0.4 is 11.1 Å². The molecule has 1 aromatic rings. The zero-order valence-corrected chi connectivity index (χ0v) is 14.0. The molecule has 1 fully saturated rings. The monoisotopic (exact) mass is 317 g/mol. The van der Waals surface area contributed by atoms with Gasteiger partial charge in [-0.3, -0.25) is 9.59 Å². The van der Waals surface area contributed by atoms with Crippen LogP contribution in [0.25, 0.3) is 0 Å². The highest BCUT2D eigenvalue weighted by molar-refractivity contribution is 5.84. The molecule has 0 saturated carbocycles. The molecule has 5 nitrogen and oxygen atoms in total. The Morgan fingerprint density at radius 2 is 1.87 bits per heavy atom. The molecule has 1 saturated heterocycles. The van der Waals surface area contributed by atoms with E-state index in [-0.39, 0.29) is 17.7 Å². The molecule has 0 bridgehead atoms. The van der Waals surface area contributed by atoms with Gasteiger partial charge in [-0.1, -0.05) is 36.8 Å². The van der Waals surface area contributed by atoms with E-state index in [9.17, 15) is 9.59 Å². The second kappa shape index (κ2) is 8.11. The Kier molecular flexibility index (Phi) is 6.16. The van der Waals surface area contributed by atoms with Gasteiger partial charge in [0, 0.05) is 25.6 Å². The second-order valence-electron chi connectivity index (χ2n) is 6.28. The highest BCUT2D eigenvalue weighted by Crippen LogP contribution is 2.21. The van der Waals surface area contributed by atoms with Gasteiger partial charge in [-0.25, -0.2) is 0 Å². The van der Waals surface area contributed by atoms with Gasteiger partial charge >= 0.3 is 0 Å². The topological polar surface area (TPSA) is 75.4 Å². The molecular weight excluding hydrogens is 290 g/mol. The summed E-state index contributed by atoms with van der Waals surface area (Å²) in [6.45, 7) is 5.96. The molecule has 0 radical (unpaired) electrons. The molecule has 0 spiro atoms. The SMILES string of the molecule is CCCNC(=O)C1CCN(C(=O)C(N)c2ccc(C)cc2)CC1. The summed E-state index contributed by atoms with van der Waals surface area (Å²) >= 11 is 0. The van der Waals surface area contributed by atoms with Crippen molar-refractivity contribution < 1.29 is 9.59 Å². The van der Waals surface area contributed by atoms with E-state index in [2.05, 4.69) is 5.32 Å². The largest absolute Gasteiger partial charge is 0.356 e. The van der Waals surface area contributed by atoms with Crippen LogP contribution >= 0.6 is 0 Å². The standard InChI is InChI=1S/C18H27N3O2/c1-3-10-20-17(22)15-8-11-21(12-9-15)18(23)16(19)14-6-4-13(2)5-7-14/h4-7,15-16H,3,8-12,19H2,1-2H3,(H,20,22). The zero-order chi connectivity index (χ0) is 16.8. The molecule has 1 aliphatic heterocycles. The number of hydrogen-bond acceptors (Lipinski definition) is 3.